The lowest BCUT2D eigenvalue weighted by molar-refractivity contribution is -0.125. The van der Waals surface area contributed by atoms with Gasteiger partial charge in [-0.3, -0.25) is 14.4 Å². The average molecular weight is 1220 g/mol. The van der Waals surface area contributed by atoms with Gasteiger partial charge in [-0.2, -0.15) is 0 Å². The molecule has 0 aliphatic carbocycles. The second kappa shape index (κ2) is 27.9. The summed E-state index contributed by atoms with van der Waals surface area (Å²) in [4.78, 5) is 50.5. The van der Waals surface area contributed by atoms with Gasteiger partial charge in [0.2, 0.25) is 12.3 Å². The first-order valence-electron chi connectivity index (χ1n) is 28.7. The number of ether oxygens (including phenoxy) is 3. The number of thiophene rings is 3. The molecule has 3 amide bonds. The second-order valence-electron chi connectivity index (χ2n) is 23.5. The standard InChI is InChI=1S/C26H32FN3O2S.C20H25FN2O3S.C20H21FN2OS/c1-15(2)13-17-18(32-7)14-16-10-11-30-23(20(16)21(17)27)22(19-9-8-12-33-19)28-24(30)25(31)29(6)26(3,4)5;1-13(2)9-15-16(21)10-14(11-17(15)26-3)6-7-22-20(25)19(23-12-24)18-5-4-8-27-18;1-12(2)9-14-15(24-3)10-13-6-7-23-11-22-19(16-5-4-8-25-16)20(23)17(13)18(14)21/h8-9,12,14-15H,10-11,13H2,1-7H3;4-5,8,10-13,19H,6-7,9H2,1-3H3,(H,22,25)(H,23,24);4-5,8,10-12H,6-7,9H2,1-3H3. The molecule has 2 aliphatic rings. The predicted molar refractivity (Wildman–Crippen MR) is 336 cm³/mol. The molecule has 0 saturated carbocycles. The van der Waals surface area contributed by atoms with E-state index in [1.807, 2.05) is 110 Å². The molecule has 2 aliphatic heterocycles. The number of carbonyl (C=O) groups is 3. The number of nitrogens with zero attached hydrogens (tertiary/aromatic N) is 5. The molecule has 7 heterocycles. The molecular weight excluding hydrogens is 1140 g/mol. The molecule has 0 radical (unpaired) electrons. The fourth-order valence-corrected chi connectivity index (χ4v) is 13.0. The van der Waals surface area contributed by atoms with Crippen LogP contribution in [0.15, 0.2) is 83.1 Å². The van der Waals surface area contributed by atoms with Crippen LogP contribution in [0.5, 0.6) is 17.2 Å². The number of fused-ring (bicyclic) bond motifs is 6. The van der Waals surface area contributed by atoms with Gasteiger partial charge < -0.3 is 38.9 Å². The van der Waals surface area contributed by atoms with Gasteiger partial charge in [-0.05, 0) is 152 Å². The lowest BCUT2D eigenvalue weighted by Gasteiger charge is -2.32. The monoisotopic (exact) mass is 1220 g/mol. The minimum atomic E-state index is -0.720. The average Bonchev–Trinajstić information content (AvgIpc) is 1.78. The van der Waals surface area contributed by atoms with E-state index in [9.17, 15) is 18.8 Å². The summed E-state index contributed by atoms with van der Waals surface area (Å²) in [6.07, 6.45) is 6.03. The molecule has 10 rings (SSSR count). The molecule has 0 saturated heterocycles. The fraction of sp³-hybridized carbons (Fsp3) is 0.409. The molecule has 85 heavy (non-hydrogen) atoms. The van der Waals surface area contributed by atoms with Crippen LogP contribution in [0.1, 0.15) is 117 Å². The molecule has 1 atom stereocenters. The van der Waals surface area contributed by atoms with E-state index in [0.717, 1.165) is 55.7 Å². The Morgan fingerprint density at radius 2 is 1.25 bits per heavy atom. The smallest absolute Gasteiger partial charge is 0.290 e. The van der Waals surface area contributed by atoms with Crippen LogP contribution in [-0.4, -0.2) is 82.7 Å². The number of methoxy groups -OCH3 is 3. The lowest BCUT2D eigenvalue weighted by Crippen LogP contribution is -2.43. The summed E-state index contributed by atoms with van der Waals surface area (Å²) in [5, 5.41) is 11.2. The number of hydrogen-bond donors (Lipinski definition) is 2. The molecule has 19 heteroatoms. The highest BCUT2D eigenvalue weighted by molar-refractivity contribution is 7.13. The van der Waals surface area contributed by atoms with Gasteiger partial charge in [-0.1, -0.05) is 59.7 Å². The van der Waals surface area contributed by atoms with Crippen molar-refractivity contribution in [1.29, 1.82) is 0 Å². The van der Waals surface area contributed by atoms with E-state index < -0.39 is 6.04 Å². The highest BCUT2D eigenvalue weighted by Crippen LogP contribution is 2.46. The van der Waals surface area contributed by atoms with Gasteiger partial charge in [0.05, 0.1) is 48.8 Å². The number of benzene rings is 3. The SMILES string of the molecule is COc1cc(CCNC(=O)C(NC=O)c2cccs2)cc(F)c1CC(C)C.COc1cc2c(c(F)c1CC(C)C)-c1c(-c3cccs3)nc(C(=O)N(C)C(C)(C)C)n1CC2.COc1cc2c(c(F)c1CC(C)C)-c1c(-c3cccs3)ncn1CC2. The van der Waals surface area contributed by atoms with E-state index in [4.69, 9.17) is 19.2 Å². The molecule has 0 bridgehead atoms. The summed E-state index contributed by atoms with van der Waals surface area (Å²) < 4.78 is 66.7. The zero-order valence-electron chi connectivity index (χ0n) is 50.9. The molecule has 3 aromatic carbocycles. The Hall–Kier alpha value is -7.22. The number of carbonyl (C=O) groups excluding carboxylic acids is 3. The Balaban J connectivity index is 0.000000168. The van der Waals surface area contributed by atoms with Gasteiger partial charge in [0.1, 0.15) is 52.1 Å². The highest BCUT2D eigenvalue weighted by Gasteiger charge is 2.36. The van der Waals surface area contributed by atoms with Crippen LogP contribution in [0.25, 0.3) is 43.7 Å². The molecule has 1 unspecified atom stereocenters. The van der Waals surface area contributed by atoms with Gasteiger partial charge >= 0.3 is 0 Å². The summed E-state index contributed by atoms with van der Waals surface area (Å²) in [7, 11) is 6.53. The van der Waals surface area contributed by atoms with Crippen LogP contribution in [0.3, 0.4) is 0 Å². The van der Waals surface area contributed by atoms with Gasteiger partial charge in [0, 0.05) is 64.9 Å². The maximum atomic E-state index is 16.2. The number of aryl methyl sites for hydroxylation is 3. The third-order valence-electron chi connectivity index (χ3n) is 15.1. The number of hydrogen-bond acceptors (Lipinski definition) is 11. The van der Waals surface area contributed by atoms with E-state index in [1.165, 1.54) is 24.5 Å². The Labute approximate surface area is 509 Å². The van der Waals surface area contributed by atoms with Crippen molar-refractivity contribution in [1.82, 2.24) is 34.6 Å². The molecule has 8 aromatic rings. The lowest BCUT2D eigenvalue weighted by atomic mass is 9.90. The zero-order chi connectivity index (χ0) is 61.4. The van der Waals surface area contributed by atoms with Crippen LogP contribution in [-0.2, 0) is 61.2 Å². The molecular formula is C66H78F3N7O6S3. The second-order valence-corrected chi connectivity index (χ2v) is 26.4. The van der Waals surface area contributed by atoms with Gasteiger partial charge in [0.25, 0.3) is 5.91 Å². The Morgan fingerprint density at radius 3 is 1.76 bits per heavy atom. The van der Waals surface area contributed by atoms with Gasteiger partial charge in [-0.15, -0.1) is 34.0 Å². The first-order chi connectivity index (χ1) is 40.6. The Bertz CT molecular complexity index is 3600. The third-order valence-corrected chi connectivity index (χ3v) is 17.8. The first kappa shape index (κ1) is 63.8. The van der Waals surface area contributed by atoms with E-state index in [-0.39, 0.29) is 40.7 Å². The van der Waals surface area contributed by atoms with Crippen LogP contribution in [0, 0.1) is 35.2 Å². The van der Waals surface area contributed by atoms with Crippen LogP contribution in [0.2, 0.25) is 0 Å². The maximum Gasteiger partial charge on any atom is 0.290 e. The third kappa shape index (κ3) is 14.2. The van der Waals surface area contributed by atoms with E-state index in [0.29, 0.717) is 126 Å². The molecule has 5 aromatic heterocycles. The summed E-state index contributed by atoms with van der Waals surface area (Å²) >= 11 is 4.57. The summed E-state index contributed by atoms with van der Waals surface area (Å²) in [5.74, 6) is 1.93. The predicted octanol–water partition coefficient (Wildman–Crippen LogP) is 14.5. The van der Waals surface area contributed by atoms with Crippen molar-refractivity contribution in [3.63, 3.8) is 0 Å². The number of amides is 3. The van der Waals surface area contributed by atoms with Crippen molar-refractivity contribution < 1.29 is 41.8 Å². The first-order valence-corrected chi connectivity index (χ1v) is 31.4. The van der Waals surface area contributed by atoms with Crippen LogP contribution >= 0.6 is 34.0 Å². The minimum Gasteiger partial charge on any atom is -0.496 e. The van der Waals surface area contributed by atoms with Crippen molar-refractivity contribution in [3.8, 4) is 60.9 Å². The minimum absolute atomic E-state index is 0.151. The van der Waals surface area contributed by atoms with Crippen molar-refractivity contribution in [2.24, 2.45) is 17.8 Å². The molecule has 13 nitrogen and oxygen atoms in total. The van der Waals surface area contributed by atoms with Crippen molar-refractivity contribution in [3.05, 3.63) is 145 Å². The van der Waals surface area contributed by atoms with Crippen LogP contribution < -0.4 is 24.8 Å². The van der Waals surface area contributed by atoms with Gasteiger partial charge in [-0.25, -0.2) is 23.1 Å². The summed E-state index contributed by atoms with van der Waals surface area (Å²) in [5.41, 5.74) is 8.48. The fourth-order valence-electron chi connectivity index (χ4n) is 10.8. The maximum absolute atomic E-state index is 16.2. The topological polar surface area (TPSA) is 142 Å². The number of nitrogens with one attached hydrogen (secondary N) is 2. The summed E-state index contributed by atoms with van der Waals surface area (Å²) in [6.45, 7) is 20.1. The summed E-state index contributed by atoms with van der Waals surface area (Å²) in [6, 6.07) is 18.1. The Kier molecular flexibility index (Phi) is 20.9. The molecule has 452 valence electrons. The van der Waals surface area contributed by atoms with E-state index >= 15 is 8.78 Å². The normalized spacial score (nSPS) is 12.7. The van der Waals surface area contributed by atoms with Gasteiger partial charge in [0.15, 0.2) is 5.82 Å². The number of halogens is 3. The largest absolute Gasteiger partial charge is 0.496 e. The van der Waals surface area contributed by atoms with E-state index in [1.54, 1.807) is 54.9 Å². The zero-order valence-corrected chi connectivity index (χ0v) is 53.3. The van der Waals surface area contributed by atoms with Crippen molar-refractivity contribution in [2.45, 2.75) is 126 Å². The van der Waals surface area contributed by atoms with Crippen LogP contribution in [0.4, 0.5) is 13.2 Å². The van der Waals surface area contributed by atoms with Crippen molar-refractivity contribution in [2.75, 3.05) is 34.9 Å². The number of aromatic nitrogens is 4. The number of imidazole rings is 2. The quantitative estimate of drug-likeness (QED) is 0.0763. The molecule has 0 spiro atoms. The molecule has 2 N–H and O–H groups in total. The Morgan fingerprint density at radius 1 is 0.718 bits per heavy atom. The number of rotatable bonds is 19. The van der Waals surface area contributed by atoms with Crippen molar-refractivity contribution >= 4 is 52.2 Å². The highest BCUT2D eigenvalue weighted by atomic mass is 32.1. The van der Waals surface area contributed by atoms with E-state index in [2.05, 4.69) is 47.9 Å². The molecule has 0 fully saturated rings.